The number of Topliss-reactive ketones (excluding diaryl/α,β-unsaturated/α-hetero) is 1. The number of ether oxygens (including phenoxy) is 1. The Hall–Kier alpha value is -1.29. The van der Waals surface area contributed by atoms with Gasteiger partial charge in [-0.2, -0.15) is 0 Å². The second kappa shape index (κ2) is 5.00. The highest BCUT2D eigenvalue weighted by Gasteiger charge is 2.42. The third kappa shape index (κ3) is 2.29. The Morgan fingerprint density at radius 2 is 1.74 bits per heavy atom. The van der Waals surface area contributed by atoms with Gasteiger partial charge in [-0.05, 0) is 38.3 Å². The zero-order chi connectivity index (χ0) is 14.3. The van der Waals surface area contributed by atoms with Gasteiger partial charge in [0.2, 0.25) is 0 Å². The van der Waals surface area contributed by atoms with Crippen molar-refractivity contribution in [3.8, 4) is 0 Å². The molecule has 4 unspecified atom stereocenters. The number of rotatable bonds is 2. The van der Waals surface area contributed by atoms with Gasteiger partial charge in [-0.15, -0.1) is 0 Å². The third-order valence-corrected chi connectivity index (χ3v) is 4.09. The largest absolute Gasteiger partial charge is 0.374 e. The van der Waals surface area contributed by atoms with E-state index in [1.165, 1.54) is 19.1 Å². The average Bonchev–Trinajstić information content (AvgIpc) is 2.60. The van der Waals surface area contributed by atoms with E-state index < -0.39 is 17.6 Å². The highest BCUT2D eigenvalue weighted by Crippen LogP contribution is 2.35. The molecular formula is C15H18F2O2. The number of aryl methyl sites for hydroxylation is 1. The Labute approximate surface area is 111 Å². The van der Waals surface area contributed by atoms with Crippen molar-refractivity contribution in [2.24, 2.45) is 11.8 Å². The molecule has 0 amide bonds. The molecule has 19 heavy (non-hydrogen) atoms. The Kier molecular flexibility index (Phi) is 3.72. The van der Waals surface area contributed by atoms with E-state index in [0.29, 0.717) is 0 Å². The van der Waals surface area contributed by atoms with Gasteiger partial charge in [0.15, 0.2) is 17.4 Å². The second-order valence-corrected chi connectivity index (χ2v) is 5.35. The standard InChI is InChI=1S/C15H18F2O2/c1-7-5-6-11(14(17)13(7)16)15(18)12-8(2)9(3)19-10(12)4/h5-6,8-10,12H,1-4H3. The molecule has 1 aromatic rings. The van der Waals surface area contributed by atoms with Crippen LogP contribution in [0.5, 0.6) is 0 Å². The van der Waals surface area contributed by atoms with Crippen molar-refractivity contribution in [2.45, 2.75) is 39.9 Å². The highest BCUT2D eigenvalue weighted by atomic mass is 19.2. The second-order valence-electron chi connectivity index (χ2n) is 5.35. The van der Waals surface area contributed by atoms with Crippen molar-refractivity contribution in [3.63, 3.8) is 0 Å². The molecule has 1 aromatic carbocycles. The first-order chi connectivity index (χ1) is 8.84. The fraction of sp³-hybridized carbons (Fsp3) is 0.533. The molecule has 1 saturated heterocycles. The van der Waals surface area contributed by atoms with Crippen LogP contribution >= 0.6 is 0 Å². The van der Waals surface area contributed by atoms with Gasteiger partial charge in [-0.1, -0.05) is 13.0 Å². The van der Waals surface area contributed by atoms with Crippen LogP contribution in [0, 0.1) is 30.4 Å². The lowest BCUT2D eigenvalue weighted by Gasteiger charge is -2.17. The zero-order valence-electron chi connectivity index (χ0n) is 11.5. The summed E-state index contributed by atoms with van der Waals surface area (Å²) in [6.07, 6.45) is -0.330. The molecule has 1 aliphatic rings. The van der Waals surface area contributed by atoms with E-state index in [1.54, 1.807) is 6.92 Å². The topological polar surface area (TPSA) is 26.3 Å². The van der Waals surface area contributed by atoms with Crippen molar-refractivity contribution in [1.82, 2.24) is 0 Å². The first kappa shape index (κ1) is 14.1. The Balaban J connectivity index is 2.38. The summed E-state index contributed by atoms with van der Waals surface area (Å²) in [5, 5.41) is 0. The number of halogens is 2. The summed E-state index contributed by atoms with van der Waals surface area (Å²) in [4.78, 5) is 12.4. The van der Waals surface area contributed by atoms with Crippen molar-refractivity contribution in [1.29, 1.82) is 0 Å². The molecule has 2 nitrogen and oxygen atoms in total. The summed E-state index contributed by atoms with van der Waals surface area (Å²) in [7, 11) is 0. The maximum atomic E-state index is 13.9. The zero-order valence-corrected chi connectivity index (χ0v) is 11.5. The predicted octanol–water partition coefficient (Wildman–Crippen LogP) is 3.52. The van der Waals surface area contributed by atoms with Crippen LogP contribution in [0.4, 0.5) is 8.78 Å². The van der Waals surface area contributed by atoms with Gasteiger partial charge in [-0.25, -0.2) is 8.78 Å². The fourth-order valence-electron chi connectivity index (χ4n) is 2.73. The molecule has 1 fully saturated rings. The summed E-state index contributed by atoms with van der Waals surface area (Å²) >= 11 is 0. The van der Waals surface area contributed by atoms with Gasteiger partial charge in [0, 0.05) is 0 Å². The number of ketones is 1. The van der Waals surface area contributed by atoms with Crippen LogP contribution in [0.1, 0.15) is 36.7 Å². The lowest BCUT2D eigenvalue weighted by atomic mass is 9.83. The van der Waals surface area contributed by atoms with Crippen molar-refractivity contribution >= 4 is 5.78 Å². The number of carbonyl (C=O) groups excluding carboxylic acids is 1. The van der Waals surface area contributed by atoms with Gasteiger partial charge in [0.05, 0.1) is 23.7 Å². The number of hydrogen-bond acceptors (Lipinski definition) is 2. The van der Waals surface area contributed by atoms with Crippen LogP contribution in [-0.2, 0) is 4.74 Å². The lowest BCUT2D eigenvalue weighted by molar-refractivity contribution is 0.0490. The van der Waals surface area contributed by atoms with Crippen molar-refractivity contribution < 1.29 is 18.3 Å². The minimum absolute atomic E-state index is 0.00809. The summed E-state index contributed by atoms with van der Waals surface area (Å²) < 4.78 is 33.0. The average molecular weight is 268 g/mol. The van der Waals surface area contributed by atoms with E-state index in [0.717, 1.165) is 0 Å². The number of benzene rings is 1. The molecule has 0 saturated carbocycles. The molecule has 0 N–H and O–H groups in total. The SMILES string of the molecule is Cc1ccc(C(=O)C2C(C)OC(C)C2C)c(F)c1F. The van der Waals surface area contributed by atoms with Crippen LogP contribution in [0.3, 0.4) is 0 Å². The minimum Gasteiger partial charge on any atom is -0.374 e. The van der Waals surface area contributed by atoms with Crippen LogP contribution in [-0.4, -0.2) is 18.0 Å². The predicted molar refractivity (Wildman–Crippen MR) is 68.1 cm³/mol. The molecule has 1 aliphatic heterocycles. The smallest absolute Gasteiger partial charge is 0.171 e. The first-order valence-corrected chi connectivity index (χ1v) is 6.48. The van der Waals surface area contributed by atoms with Crippen molar-refractivity contribution in [3.05, 3.63) is 34.9 Å². The van der Waals surface area contributed by atoms with Crippen LogP contribution in [0.25, 0.3) is 0 Å². The van der Waals surface area contributed by atoms with Gasteiger partial charge in [0.25, 0.3) is 0 Å². The first-order valence-electron chi connectivity index (χ1n) is 6.48. The summed E-state index contributed by atoms with van der Waals surface area (Å²) in [5.41, 5.74) is 0.0238. The molecule has 2 rings (SSSR count). The molecule has 0 radical (unpaired) electrons. The lowest BCUT2D eigenvalue weighted by Crippen LogP contribution is -2.27. The van der Waals surface area contributed by atoms with Gasteiger partial charge >= 0.3 is 0 Å². The van der Waals surface area contributed by atoms with Crippen LogP contribution < -0.4 is 0 Å². The van der Waals surface area contributed by atoms with E-state index in [9.17, 15) is 13.6 Å². The molecule has 4 heteroatoms. The minimum atomic E-state index is -1.05. The normalized spacial score (nSPS) is 30.6. The third-order valence-electron chi connectivity index (χ3n) is 4.09. The maximum absolute atomic E-state index is 13.9. The molecule has 104 valence electrons. The van der Waals surface area contributed by atoms with Gasteiger partial charge < -0.3 is 4.74 Å². The number of hydrogen-bond donors (Lipinski definition) is 0. The van der Waals surface area contributed by atoms with Gasteiger partial charge in [0.1, 0.15) is 0 Å². The Bertz CT molecular complexity index is 513. The molecule has 0 bridgehead atoms. The van der Waals surface area contributed by atoms with E-state index in [4.69, 9.17) is 4.74 Å². The molecule has 0 aliphatic carbocycles. The highest BCUT2D eigenvalue weighted by molar-refractivity contribution is 5.99. The summed E-state index contributed by atoms with van der Waals surface area (Å²) in [5.74, 6) is -2.80. The molecule has 1 heterocycles. The fourth-order valence-corrected chi connectivity index (χ4v) is 2.73. The summed E-state index contributed by atoms with van der Waals surface area (Å²) in [6, 6.07) is 2.79. The van der Waals surface area contributed by atoms with E-state index >= 15 is 0 Å². The number of carbonyl (C=O) groups is 1. The molecule has 0 aromatic heterocycles. The Morgan fingerprint density at radius 3 is 2.26 bits per heavy atom. The molecular weight excluding hydrogens is 250 g/mol. The van der Waals surface area contributed by atoms with E-state index in [-0.39, 0.29) is 35.0 Å². The van der Waals surface area contributed by atoms with Crippen molar-refractivity contribution in [2.75, 3.05) is 0 Å². The van der Waals surface area contributed by atoms with E-state index in [2.05, 4.69) is 0 Å². The van der Waals surface area contributed by atoms with E-state index in [1.807, 2.05) is 13.8 Å². The summed E-state index contributed by atoms with van der Waals surface area (Å²) in [6.45, 7) is 7.06. The van der Waals surface area contributed by atoms with Crippen LogP contribution in [0.15, 0.2) is 12.1 Å². The van der Waals surface area contributed by atoms with Gasteiger partial charge in [-0.3, -0.25) is 4.79 Å². The molecule has 0 spiro atoms. The maximum Gasteiger partial charge on any atom is 0.171 e. The van der Waals surface area contributed by atoms with Crippen LogP contribution in [0.2, 0.25) is 0 Å². The Morgan fingerprint density at radius 1 is 1.11 bits per heavy atom. The quantitative estimate of drug-likeness (QED) is 0.767. The molecule has 4 atom stereocenters. The monoisotopic (exact) mass is 268 g/mol.